The molecular formula is C18H16N6O5S4. The number of thioether (sulfide) groups is 3. The maximum Gasteiger partial charge on any atom is 0.353 e. The Hall–Kier alpha value is -2.62. The predicted molar refractivity (Wildman–Crippen MR) is 127 cm³/mol. The number of carbonyl (C=O) groups excluding carboxylic acids is 2. The number of hydrogen-bond acceptors (Lipinski definition) is 12. The molecule has 2 aliphatic rings. The number of β-lactam (4-membered cyclic amide) rings is 1. The molecule has 15 heteroatoms. The van der Waals surface area contributed by atoms with Gasteiger partial charge in [-0.1, -0.05) is 17.8 Å². The van der Waals surface area contributed by atoms with Crippen molar-refractivity contribution in [1.29, 1.82) is 0 Å². The van der Waals surface area contributed by atoms with Gasteiger partial charge in [-0.15, -0.1) is 39.8 Å². The van der Waals surface area contributed by atoms with Crippen LogP contribution in [0.1, 0.15) is 11.7 Å². The van der Waals surface area contributed by atoms with Gasteiger partial charge in [-0.2, -0.15) is 0 Å². The van der Waals surface area contributed by atoms with Crippen LogP contribution in [0.15, 0.2) is 50.6 Å². The summed E-state index contributed by atoms with van der Waals surface area (Å²) in [5.74, 6) is -2.19. The van der Waals surface area contributed by atoms with Gasteiger partial charge in [0.15, 0.2) is 5.13 Å². The monoisotopic (exact) mass is 524 g/mol. The molecule has 4 N–H and O–H groups in total. The van der Waals surface area contributed by atoms with E-state index in [4.69, 9.17) is 5.73 Å². The first-order chi connectivity index (χ1) is 15.9. The zero-order valence-electron chi connectivity index (χ0n) is 16.6. The smallest absolute Gasteiger partial charge is 0.353 e. The van der Waals surface area contributed by atoms with Crippen molar-refractivity contribution < 1.29 is 19.5 Å². The molecular weight excluding hydrogens is 509 g/mol. The molecule has 2 amide bonds. The molecule has 0 bridgehead atoms. The van der Waals surface area contributed by atoms with Gasteiger partial charge < -0.3 is 16.2 Å². The lowest BCUT2D eigenvalue weighted by molar-refractivity contribution is -0.150. The van der Waals surface area contributed by atoms with Gasteiger partial charge in [-0.25, -0.2) is 14.8 Å². The maximum absolute atomic E-state index is 12.8. The van der Waals surface area contributed by atoms with Crippen LogP contribution in [0.3, 0.4) is 0 Å². The molecule has 11 nitrogen and oxygen atoms in total. The van der Waals surface area contributed by atoms with E-state index in [2.05, 4.69) is 20.5 Å². The molecule has 1 fully saturated rings. The van der Waals surface area contributed by atoms with E-state index in [0.717, 1.165) is 16.4 Å². The Morgan fingerprint density at radius 3 is 2.85 bits per heavy atom. The number of anilines is 1. The van der Waals surface area contributed by atoms with Crippen molar-refractivity contribution in [3.05, 3.63) is 51.0 Å². The third-order valence-corrected chi connectivity index (χ3v) is 9.01. The summed E-state index contributed by atoms with van der Waals surface area (Å²) in [4.78, 5) is 58.4. The van der Waals surface area contributed by atoms with Crippen LogP contribution >= 0.6 is 46.6 Å². The normalized spacial score (nSPS) is 20.6. The summed E-state index contributed by atoms with van der Waals surface area (Å²) < 4.78 is 0. The van der Waals surface area contributed by atoms with Crippen molar-refractivity contribution in [3.63, 3.8) is 0 Å². The topological polar surface area (TPSA) is 168 Å². The summed E-state index contributed by atoms with van der Waals surface area (Å²) in [6.07, 6.45) is 1.68. The fourth-order valence-corrected chi connectivity index (χ4v) is 7.42. The SMILES string of the molecule is Nc1nc(C(N=O)C(=O)N[C@@H]2C(=O)N3C(C(=O)O)=C(SCSc4ccccn4)CS[C@@H]23)cs1. The minimum atomic E-state index is -1.45. The number of pyridine rings is 1. The lowest BCUT2D eigenvalue weighted by Gasteiger charge is -2.49. The first-order valence-corrected chi connectivity index (χ1v) is 13.2. The highest BCUT2D eigenvalue weighted by Gasteiger charge is 2.54. The summed E-state index contributed by atoms with van der Waals surface area (Å²) >= 11 is 5.21. The molecule has 4 rings (SSSR count). The zero-order valence-corrected chi connectivity index (χ0v) is 19.9. The standard InChI is InChI=1S/C18H16N6O5S4/c19-18-21-8(5-31-18)11(23-29)14(25)22-12-15(26)24-13(17(27)28)9(6-30-16(12)24)32-7-33-10-3-1-2-4-20-10/h1-5,11-12,16H,6-7H2,(H2,19,21)(H,22,25)(H,27,28)/t11?,12-,16+/m1/s1. The van der Waals surface area contributed by atoms with Gasteiger partial charge in [0.1, 0.15) is 17.1 Å². The van der Waals surface area contributed by atoms with Crippen LogP contribution in [0.25, 0.3) is 0 Å². The minimum Gasteiger partial charge on any atom is -0.477 e. The number of aliphatic carboxylic acids is 1. The number of carboxylic acids is 1. The molecule has 33 heavy (non-hydrogen) atoms. The number of carbonyl (C=O) groups is 3. The highest BCUT2D eigenvalue weighted by Crippen LogP contribution is 2.44. The second-order valence-corrected chi connectivity index (χ2v) is 11.1. The van der Waals surface area contributed by atoms with Crippen molar-refractivity contribution in [3.8, 4) is 0 Å². The van der Waals surface area contributed by atoms with Crippen molar-refractivity contribution in [2.24, 2.45) is 5.18 Å². The van der Waals surface area contributed by atoms with E-state index in [1.807, 2.05) is 18.2 Å². The number of nitroso groups, excluding NO2 is 1. The number of nitrogens with one attached hydrogen (secondary N) is 1. The fourth-order valence-electron chi connectivity index (χ4n) is 3.19. The van der Waals surface area contributed by atoms with E-state index < -0.39 is 35.2 Å². The van der Waals surface area contributed by atoms with Crippen LogP contribution in [-0.4, -0.2) is 60.0 Å². The van der Waals surface area contributed by atoms with E-state index in [-0.39, 0.29) is 16.5 Å². The van der Waals surface area contributed by atoms with Crippen molar-refractivity contribution in [2.75, 3.05) is 16.6 Å². The highest BCUT2D eigenvalue weighted by atomic mass is 32.2. The van der Waals surface area contributed by atoms with Crippen LogP contribution in [0.5, 0.6) is 0 Å². The van der Waals surface area contributed by atoms with Gasteiger partial charge in [0.05, 0.1) is 10.7 Å². The van der Waals surface area contributed by atoms with Gasteiger partial charge in [-0.05, 0) is 17.3 Å². The van der Waals surface area contributed by atoms with E-state index in [1.54, 1.807) is 6.20 Å². The second-order valence-electron chi connectivity index (χ2n) is 6.67. The molecule has 4 heterocycles. The second kappa shape index (κ2) is 10.1. The number of carboxylic acid groups (broad SMARTS) is 1. The number of fused-ring (bicyclic) bond motifs is 1. The fraction of sp³-hybridized carbons (Fsp3) is 0.278. The summed E-state index contributed by atoms with van der Waals surface area (Å²) in [5, 5.41) is 17.4. The lowest BCUT2D eigenvalue weighted by atomic mass is 10.0. The van der Waals surface area contributed by atoms with Crippen LogP contribution in [0.2, 0.25) is 0 Å². The van der Waals surface area contributed by atoms with Crippen LogP contribution in [0.4, 0.5) is 5.13 Å². The third kappa shape index (κ3) is 4.85. The average Bonchev–Trinajstić information content (AvgIpc) is 3.23. The predicted octanol–water partition coefficient (Wildman–Crippen LogP) is 2.11. The maximum atomic E-state index is 12.8. The van der Waals surface area contributed by atoms with Crippen molar-refractivity contribution in [1.82, 2.24) is 20.2 Å². The number of aromatic nitrogens is 2. The highest BCUT2D eigenvalue weighted by molar-refractivity contribution is 8.18. The van der Waals surface area contributed by atoms with E-state index in [1.165, 1.54) is 45.6 Å². The van der Waals surface area contributed by atoms with Gasteiger partial charge in [0.2, 0.25) is 6.04 Å². The Kier molecular flexibility index (Phi) is 7.21. The number of rotatable bonds is 9. The molecule has 172 valence electrons. The average molecular weight is 525 g/mol. The lowest BCUT2D eigenvalue weighted by Crippen LogP contribution is -2.70. The Labute approximate surface area is 204 Å². The van der Waals surface area contributed by atoms with Gasteiger partial charge in [0, 0.05) is 27.3 Å². The summed E-state index contributed by atoms with van der Waals surface area (Å²) in [6, 6.07) is 3.12. The Morgan fingerprint density at radius 1 is 1.39 bits per heavy atom. The van der Waals surface area contributed by atoms with Gasteiger partial charge in [-0.3, -0.25) is 14.5 Å². The molecule has 2 aliphatic heterocycles. The molecule has 2 aromatic rings. The van der Waals surface area contributed by atoms with E-state index in [9.17, 15) is 24.4 Å². The number of nitrogen functional groups attached to an aromatic ring is 1. The molecule has 3 atom stereocenters. The van der Waals surface area contributed by atoms with Gasteiger partial charge >= 0.3 is 5.97 Å². The summed E-state index contributed by atoms with van der Waals surface area (Å²) in [7, 11) is 0. The molecule has 0 saturated carbocycles. The number of amides is 2. The molecule has 0 radical (unpaired) electrons. The number of hydrogen-bond donors (Lipinski definition) is 3. The Balaban J connectivity index is 1.43. The van der Waals surface area contributed by atoms with Crippen molar-refractivity contribution >= 4 is 69.5 Å². The summed E-state index contributed by atoms with van der Waals surface area (Å²) in [5.41, 5.74) is 5.56. The first kappa shape index (κ1) is 23.5. The number of nitrogens with two attached hydrogens (primary N) is 1. The molecule has 0 aliphatic carbocycles. The zero-order chi connectivity index (χ0) is 23.5. The molecule has 1 unspecified atom stereocenters. The van der Waals surface area contributed by atoms with Gasteiger partial charge in [0.25, 0.3) is 11.8 Å². The summed E-state index contributed by atoms with van der Waals surface area (Å²) in [6.45, 7) is 0. The largest absolute Gasteiger partial charge is 0.477 e. The number of nitrogens with zero attached hydrogens (tertiary/aromatic N) is 4. The minimum absolute atomic E-state index is 0.0850. The third-order valence-electron chi connectivity index (χ3n) is 4.69. The number of thiazole rings is 1. The van der Waals surface area contributed by atoms with Crippen LogP contribution in [0, 0.1) is 4.91 Å². The van der Waals surface area contributed by atoms with Crippen molar-refractivity contribution in [2.45, 2.75) is 22.5 Å². The van der Waals surface area contributed by atoms with Crippen LogP contribution in [-0.2, 0) is 14.4 Å². The van der Waals surface area contributed by atoms with Crippen LogP contribution < -0.4 is 11.1 Å². The quantitative estimate of drug-likeness (QED) is 0.190. The molecule has 0 aromatic carbocycles. The molecule has 2 aromatic heterocycles. The van der Waals surface area contributed by atoms with E-state index in [0.29, 0.717) is 15.7 Å². The first-order valence-electron chi connectivity index (χ1n) is 9.32. The Bertz CT molecular complexity index is 1130. The molecule has 0 spiro atoms. The van der Waals surface area contributed by atoms with E-state index >= 15 is 0 Å². The Morgan fingerprint density at radius 2 is 2.21 bits per heavy atom. The molecule has 1 saturated heterocycles.